The standard InChI is InChI=1S/C18H17F2NO3/c19-14-3-1-13(2-4-14)18(22)21-9-10-23-17(11-21)12-24-16-7-5-15(20)6-8-16/h1-8,17H,9-12H2/t17-/m0/s1. The van der Waals surface area contributed by atoms with Crippen molar-refractivity contribution in [2.75, 3.05) is 26.3 Å². The Balaban J connectivity index is 1.56. The Morgan fingerprint density at radius 3 is 2.38 bits per heavy atom. The molecule has 24 heavy (non-hydrogen) atoms. The molecule has 0 aromatic heterocycles. The van der Waals surface area contributed by atoms with Crippen LogP contribution in [0.25, 0.3) is 0 Å². The van der Waals surface area contributed by atoms with Crippen LogP contribution in [0.2, 0.25) is 0 Å². The van der Waals surface area contributed by atoms with Gasteiger partial charge in [0.15, 0.2) is 0 Å². The number of halogens is 2. The number of hydrogen-bond donors (Lipinski definition) is 0. The van der Waals surface area contributed by atoms with Crippen LogP contribution in [0.4, 0.5) is 8.78 Å². The summed E-state index contributed by atoms with van der Waals surface area (Å²) in [6.07, 6.45) is -0.270. The van der Waals surface area contributed by atoms with E-state index in [0.717, 1.165) is 0 Å². The van der Waals surface area contributed by atoms with E-state index in [1.165, 1.54) is 36.4 Å². The number of hydrogen-bond acceptors (Lipinski definition) is 3. The zero-order valence-corrected chi connectivity index (χ0v) is 13.0. The van der Waals surface area contributed by atoms with Crippen LogP contribution in [0.3, 0.4) is 0 Å². The summed E-state index contributed by atoms with van der Waals surface area (Å²) in [5.41, 5.74) is 0.441. The highest BCUT2D eigenvalue weighted by Crippen LogP contribution is 2.15. The van der Waals surface area contributed by atoms with E-state index in [1.54, 1.807) is 17.0 Å². The molecule has 4 nitrogen and oxygen atoms in total. The maximum atomic E-state index is 13.0. The summed E-state index contributed by atoms with van der Waals surface area (Å²) in [6.45, 7) is 1.53. The number of carbonyl (C=O) groups is 1. The van der Waals surface area contributed by atoms with Gasteiger partial charge in [0.1, 0.15) is 30.1 Å². The summed E-state index contributed by atoms with van der Waals surface area (Å²) in [5.74, 6) is -0.321. The molecule has 0 N–H and O–H groups in total. The van der Waals surface area contributed by atoms with Gasteiger partial charge in [0.2, 0.25) is 0 Å². The van der Waals surface area contributed by atoms with Crippen molar-refractivity contribution in [1.82, 2.24) is 4.90 Å². The number of rotatable bonds is 4. The zero-order chi connectivity index (χ0) is 16.9. The fourth-order valence-electron chi connectivity index (χ4n) is 2.50. The molecule has 1 fully saturated rings. The lowest BCUT2D eigenvalue weighted by Gasteiger charge is -2.32. The van der Waals surface area contributed by atoms with Crippen molar-refractivity contribution in [3.8, 4) is 5.75 Å². The Hall–Kier alpha value is -2.47. The van der Waals surface area contributed by atoms with Crippen molar-refractivity contribution in [3.05, 3.63) is 65.7 Å². The summed E-state index contributed by atoms with van der Waals surface area (Å²) in [7, 11) is 0. The number of carbonyl (C=O) groups excluding carboxylic acids is 1. The Bertz CT molecular complexity index is 688. The topological polar surface area (TPSA) is 38.8 Å². The lowest BCUT2D eigenvalue weighted by atomic mass is 10.1. The van der Waals surface area contributed by atoms with E-state index in [2.05, 4.69) is 0 Å². The molecule has 1 amide bonds. The van der Waals surface area contributed by atoms with Gasteiger partial charge in [-0.1, -0.05) is 0 Å². The molecule has 0 saturated carbocycles. The van der Waals surface area contributed by atoms with E-state index >= 15 is 0 Å². The van der Waals surface area contributed by atoms with E-state index < -0.39 is 0 Å². The number of morpholine rings is 1. The lowest BCUT2D eigenvalue weighted by Crippen LogP contribution is -2.47. The third kappa shape index (κ3) is 4.08. The second-order valence-electron chi connectivity index (χ2n) is 5.52. The fourth-order valence-corrected chi connectivity index (χ4v) is 2.50. The summed E-state index contributed by atoms with van der Waals surface area (Å²) in [4.78, 5) is 14.1. The second-order valence-corrected chi connectivity index (χ2v) is 5.52. The molecule has 0 aliphatic carbocycles. The Morgan fingerprint density at radius 2 is 1.71 bits per heavy atom. The maximum Gasteiger partial charge on any atom is 0.254 e. The van der Waals surface area contributed by atoms with Crippen LogP contribution in [0, 0.1) is 11.6 Å². The van der Waals surface area contributed by atoms with Gasteiger partial charge in [-0.3, -0.25) is 4.79 Å². The smallest absolute Gasteiger partial charge is 0.254 e. The first-order chi connectivity index (χ1) is 11.6. The van der Waals surface area contributed by atoms with Crippen molar-refractivity contribution in [3.63, 3.8) is 0 Å². The summed E-state index contributed by atoms with van der Waals surface area (Å²) in [5, 5.41) is 0. The number of nitrogens with zero attached hydrogens (tertiary/aromatic N) is 1. The molecule has 126 valence electrons. The normalized spacial score (nSPS) is 17.6. The molecule has 1 saturated heterocycles. The molecule has 2 aromatic carbocycles. The number of benzene rings is 2. The van der Waals surface area contributed by atoms with E-state index in [9.17, 15) is 13.6 Å². The van der Waals surface area contributed by atoms with Crippen LogP contribution in [0.5, 0.6) is 5.75 Å². The molecule has 0 bridgehead atoms. The zero-order valence-electron chi connectivity index (χ0n) is 13.0. The van der Waals surface area contributed by atoms with E-state index in [0.29, 0.717) is 31.0 Å². The van der Waals surface area contributed by atoms with E-state index in [4.69, 9.17) is 9.47 Å². The summed E-state index contributed by atoms with van der Waals surface area (Å²) >= 11 is 0. The van der Waals surface area contributed by atoms with Crippen LogP contribution in [-0.4, -0.2) is 43.2 Å². The van der Waals surface area contributed by atoms with Crippen molar-refractivity contribution >= 4 is 5.91 Å². The van der Waals surface area contributed by atoms with Crippen LogP contribution < -0.4 is 4.74 Å². The van der Waals surface area contributed by atoms with Gasteiger partial charge in [0, 0.05) is 12.1 Å². The first kappa shape index (κ1) is 16.4. The summed E-state index contributed by atoms with van der Waals surface area (Å²) in [6, 6.07) is 11.2. The molecule has 6 heteroatoms. The Morgan fingerprint density at radius 1 is 1.08 bits per heavy atom. The van der Waals surface area contributed by atoms with Gasteiger partial charge in [-0.15, -0.1) is 0 Å². The molecular formula is C18H17F2NO3. The predicted octanol–water partition coefficient (Wildman–Crippen LogP) is 2.88. The van der Waals surface area contributed by atoms with Gasteiger partial charge >= 0.3 is 0 Å². The maximum absolute atomic E-state index is 13.0. The highest BCUT2D eigenvalue weighted by atomic mass is 19.1. The molecule has 0 radical (unpaired) electrons. The number of amides is 1. The highest BCUT2D eigenvalue weighted by molar-refractivity contribution is 5.94. The van der Waals surface area contributed by atoms with Crippen LogP contribution in [-0.2, 0) is 4.74 Å². The van der Waals surface area contributed by atoms with Crippen LogP contribution in [0.1, 0.15) is 10.4 Å². The quantitative estimate of drug-likeness (QED) is 0.864. The molecule has 0 spiro atoms. The van der Waals surface area contributed by atoms with Crippen LogP contribution >= 0.6 is 0 Å². The first-order valence-electron chi connectivity index (χ1n) is 7.66. The summed E-state index contributed by atoms with van der Waals surface area (Å²) < 4.78 is 37.0. The largest absolute Gasteiger partial charge is 0.491 e. The minimum Gasteiger partial charge on any atom is -0.491 e. The first-order valence-corrected chi connectivity index (χ1v) is 7.66. The minimum absolute atomic E-state index is 0.162. The molecule has 3 rings (SSSR count). The predicted molar refractivity (Wildman–Crippen MR) is 83.9 cm³/mol. The molecule has 1 heterocycles. The van der Waals surface area contributed by atoms with Gasteiger partial charge < -0.3 is 14.4 Å². The molecule has 1 atom stereocenters. The Kier molecular flexibility index (Phi) is 5.05. The van der Waals surface area contributed by atoms with Gasteiger partial charge in [-0.05, 0) is 48.5 Å². The van der Waals surface area contributed by atoms with Crippen molar-refractivity contribution < 1.29 is 23.0 Å². The van der Waals surface area contributed by atoms with Crippen molar-refractivity contribution in [2.45, 2.75) is 6.10 Å². The van der Waals surface area contributed by atoms with E-state index in [1.807, 2.05) is 0 Å². The average Bonchev–Trinajstić information content (AvgIpc) is 2.61. The van der Waals surface area contributed by atoms with E-state index in [-0.39, 0.29) is 30.3 Å². The van der Waals surface area contributed by atoms with Gasteiger partial charge in [0.25, 0.3) is 5.91 Å². The molecule has 1 aliphatic heterocycles. The lowest BCUT2D eigenvalue weighted by molar-refractivity contribution is -0.0401. The monoisotopic (exact) mass is 333 g/mol. The SMILES string of the molecule is O=C(c1ccc(F)cc1)N1CCO[C@H](COc2ccc(F)cc2)C1. The fraction of sp³-hybridized carbons (Fsp3) is 0.278. The third-order valence-electron chi connectivity index (χ3n) is 3.77. The van der Waals surface area contributed by atoms with Gasteiger partial charge in [-0.25, -0.2) is 8.78 Å². The minimum atomic E-state index is -0.376. The molecule has 1 aliphatic rings. The third-order valence-corrected chi connectivity index (χ3v) is 3.77. The van der Waals surface area contributed by atoms with Gasteiger partial charge in [0.05, 0.1) is 13.2 Å². The number of ether oxygens (including phenoxy) is 2. The van der Waals surface area contributed by atoms with Crippen molar-refractivity contribution in [2.24, 2.45) is 0 Å². The highest BCUT2D eigenvalue weighted by Gasteiger charge is 2.25. The Labute approximate surface area is 138 Å². The molecule has 2 aromatic rings. The molecular weight excluding hydrogens is 316 g/mol. The van der Waals surface area contributed by atoms with Crippen LogP contribution in [0.15, 0.2) is 48.5 Å². The molecule has 0 unspecified atom stereocenters. The van der Waals surface area contributed by atoms with Gasteiger partial charge in [-0.2, -0.15) is 0 Å². The van der Waals surface area contributed by atoms with Crippen molar-refractivity contribution in [1.29, 1.82) is 0 Å². The average molecular weight is 333 g/mol. The second kappa shape index (κ2) is 7.40.